The number of nitrogens with one attached hydrogen (secondary N) is 7. The minimum absolute atomic E-state index is 0.0161. The molecule has 17 N–H and O–H groups in total. The van der Waals surface area contributed by atoms with E-state index in [1.165, 1.54) is 13.8 Å². The standard InChI is InChI=1S/C42H79N11O11/c1-9-24(6)33(35(46)57)52-41(63)31(21-23(4)5)50-38(60)28(15-11-13-19-44)47-39(61)29(16-17-32(55)56)49-37(59)27(14-10-12-18-43)48-40(62)30(20-22(2)3)51-42(64)34(26(8)54)53-36(58)25(7)45/h22-31,33-34,54H,9-21,43-45H2,1-8H3,(H2,46,57)(H,47,61)(H,48,62)(H,49,59)(H,50,60)(H,51,64)(H,52,63)(H,53,58)(H,55,56)/t24-,25-,26+,27-,28-,29-,30-,31-,33-,34-/m0/s1. The first kappa shape index (κ1) is 59.1. The Morgan fingerprint density at radius 2 is 0.859 bits per heavy atom. The number of aliphatic carboxylic acids is 1. The molecule has 0 radical (unpaired) electrons. The topological polar surface area (TPSA) is 382 Å². The molecule has 368 valence electrons. The molecule has 0 unspecified atom stereocenters. The molecule has 0 rings (SSSR count). The first-order chi connectivity index (χ1) is 29.9. The fourth-order valence-corrected chi connectivity index (χ4v) is 6.49. The molecular weight excluding hydrogens is 835 g/mol. The molecule has 0 aromatic carbocycles. The zero-order chi connectivity index (χ0) is 49.3. The SMILES string of the molecule is CC[C@H](C)[C@H](NC(=O)[C@H](CC(C)C)NC(=O)[C@H](CCCCN)NC(=O)[C@H](CCC(=O)O)NC(=O)[C@H](CCCCN)NC(=O)[C@H](CC(C)C)NC(=O)[C@@H](NC(=O)[C@H](C)N)[C@@H](C)O)C(N)=O. The van der Waals surface area contributed by atoms with Crippen LogP contribution < -0.4 is 60.2 Å². The van der Waals surface area contributed by atoms with Crippen LogP contribution in [0.4, 0.5) is 0 Å². The second-order valence-electron chi connectivity index (χ2n) is 17.4. The summed E-state index contributed by atoms with van der Waals surface area (Å²) in [6.45, 7) is 14.0. The van der Waals surface area contributed by atoms with E-state index in [9.17, 15) is 53.4 Å². The van der Waals surface area contributed by atoms with E-state index in [1.807, 2.05) is 20.8 Å². The molecule has 0 aromatic rings. The molecule has 64 heavy (non-hydrogen) atoms. The van der Waals surface area contributed by atoms with Gasteiger partial charge in [-0.05, 0) is 102 Å². The van der Waals surface area contributed by atoms with Crippen molar-refractivity contribution < 1.29 is 53.4 Å². The van der Waals surface area contributed by atoms with Crippen molar-refractivity contribution in [1.29, 1.82) is 0 Å². The quantitative estimate of drug-likeness (QED) is 0.0313. The molecule has 0 heterocycles. The van der Waals surface area contributed by atoms with Crippen molar-refractivity contribution in [2.24, 2.45) is 40.7 Å². The van der Waals surface area contributed by atoms with Crippen molar-refractivity contribution in [2.45, 2.75) is 180 Å². The monoisotopic (exact) mass is 914 g/mol. The average molecular weight is 914 g/mol. The van der Waals surface area contributed by atoms with Crippen LogP contribution in [0.5, 0.6) is 0 Å². The third-order valence-corrected chi connectivity index (χ3v) is 10.4. The number of rotatable bonds is 33. The van der Waals surface area contributed by atoms with Crippen LogP contribution in [0.3, 0.4) is 0 Å². The van der Waals surface area contributed by atoms with Crippen molar-refractivity contribution in [1.82, 2.24) is 37.2 Å². The molecule has 0 aliphatic heterocycles. The van der Waals surface area contributed by atoms with E-state index < -0.39 is 121 Å². The summed E-state index contributed by atoms with van der Waals surface area (Å²) < 4.78 is 0. The lowest BCUT2D eigenvalue weighted by Crippen LogP contribution is -2.61. The lowest BCUT2D eigenvalue weighted by Gasteiger charge is -2.29. The molecule has 0 aromatic heterocycles. The minimum atomic E-state index is -1.53. The maximum atomic E-state index is 14.0. The number of unbranched alkanes of at least 4 members (excludes halogenated alkanes) is 2. The third kappa shape index (κ3) is 23.1. The fourth-order valence-electron chi connectivity index (χ4n) is 6.49. The van der Waals surface area contributed by atoms with Crippen LogP contribution in [0.15, 0.2) is 0 Å². The van der Waals surface area contributed by atoms with Crippen LogP contribution in [0.2, 0.25) is 0 Å². The van der Waals surface area contributed by atoms with Crippen LogP contribution in [-0.2, 0) is 43.2 Å². The third-order valence-electron chi connectivity index (χ3n) is 10.4. The van der Waals surface area contributed by atoms with E-state index in [0.717, 1.165) is 0 Å². The Kier molecular flexibility index (Phi) is 28.6. The highest BCUT2D eigenvalue weighted by Crippen LogP contribution is 2.13. The van der Waals surface area contributed by atoms with Gasteiger partial charge in [0.05, 0.1) is 12.1 Å². The summed E-state index contributed by atoms with van der Waals surface area (Å²) in [5, 5.41) is 37.8. The summed E-state index contributed by atoms with van der Waals surface area (Å²) >= 11 is 0. The fraction of sp³-hybridized carbons (Fsp3) is 0.786. The molecule has 0 aliphatic carbocycles. The molecule has 22 heteroatoms. The molecule has 8 amide bonds. The molecule has 0 fully saturated rings. The summed E-state index contributed by atoms with van der Waals surface area (Å²) in [6.07, 6.45) is 0.0612. The van der Waals surface area contributed by atoms with Gasteiger partial charge < -0.3 is 70.4 Å². The second-order valence-corrected chi connectivity index (χ2v) is 17.4. The van der Waals surface area contributed by atoms with Gasteiger partial charge in [0.2, 0.25) is 47.3 Å². The Balaban J connectivity index is 6.68. The van der Waals surface area contributed by atoms with Gasteiger partial charge in [-0.25, -0.2) is 0 Å². The highest BCUT2D eigenvalue weighted by Gasteiger charge is 2.35. The van der Waals surface area contributed by atoms with E-state index in [4.69, 9.17) is 22.9 Å². The van der Waals surface area contributed by atoms with E-state index in [2.05, 4.69) is 37.2 Å². The van der Waals surface area contributed by atoms with E-state index in [-0.39, 0.29) is 56.5 Å². The lowest BCUT2D eigenvalue weighted by molar-refractivity contribution is -0.139. The molecule has 0 spiro atoms. The molecule has 0 aliphatic rings. The van der Waals surface area contributed by atoms with E-state index >= 15 is 0 Å². The Morgan fingerprint density at radius 1 is 0.500 bits per heavy atom. The average Bonchev–Trinajstić information content (AvgIpc) is 3.20. The normalized spacial score (nSPS) is 16.0. The number of carboxylic acids is 1. The molecule has 10 atom stereocenters. The zero-order valence-electron chi connectivity index (χ0n) is 39.0. The molecular formula is C42H79N11O11. The van der Waals surface area contributed by atoms with Gasteiger partial charge >= 0.3 is 5.97 Å². The Labute approximate surface area is 377 Å². The van der Waals surface area contributed by atoms with Gasteiger partial charge in [-0.3, -0.25) is 43.2 Å². The smallest absolute Gasteiger partial charge is 0.303 e. The van der Waals surface area contributed by atoms with Crippen LogP contribution in [0.1, 0.15) is 126 Å². The number of aliphatic hydroxyl groups excluding tert-OH is 1. The molecule has 0 bridgehead atoms. The Morgan fingerprint density at radius 3 is 1.20 bits per heavy atom. The first-order valence-corrected chi connectivity index (χ1v) is 22.4. The number of nitrogens with two attached hydrogens (primary N) is 4. The number of carboxylic acid groups (broad SMARTS) is 1. The van der Waals surface area contributed by atoms with E-state index in [1.54, 1.807) is 20.8 Å². The predicted octanol–water partition coefficient (Wildman–Crippen LogP) is -2.15. The van der Waals surface area contributed by atoms with Crippen LogP contribution in [0, 0.1) is 17.8 Å². The van der Waals surface area contributed by atoms with Gasteiger partial charge in [-0.15, -0.1) is 0 Å². The molecule has 0 saturated carbocycles. The van der Waals surface area contributed by atoms with Crippen LogP contribution in [0.25, 0.3) is 0 Å². The first-order valence-electron chi connectivity index (χ1n) is 22.4. The summed E-state index contributed by atoms with van der Waals surface area (Å²) in [4.78, 5) is 119. The largest absolute Gasteiger partial charge is 0.481 e. The zero-order valence-corrected chi connectivity index (χ0v) is 39.0. The van der Waals surface area contributed by atoms with Gasteiger partial charge in [-0.2, -0.15) is 0 Å². The number of hydrogen-bond donors (Lipinski definition) is 13. The maximum absolute atomic E-state index is 14.0. The summed E-state index contributed by atoms with van der Waals surface area (Å²) in [7, 11) is 0. The van der Waals surface area contributed by atoms with Gasteiger partial charge in [0, 0.05) is 6.42 Å². The lowest BCUT2D eigenvalue weighted by atomic mass is 9.97. The van der Waals surface area contributed by atoms with Crippen molar-refractivity contribution >= 4 is 53.2 Å². The summed E-state index contributed by atoms with van der Waals surface area (Å²) in [5.74, 6) is -8.22. The Hall–Kier alpha value is -4.93. The number of carbonyl (C=O) groups excluding carboxylic acids is 8. The summed E-state index contributed by atoms with van der Waals surface area (Å²) in [5.41, 5.74) is 22.6. The van der Waals surface area contributed by atoms with Gasteiger partial charge in [-0.1, -0.05) is 48.0 Å². The van der Waals surface area contributed by atoms with Crippen LogP contribution >= 0.6 is 0 Å². The van der Waals surface area contributed by atoms with Crippen molar-refractivity contribution in [3.05, 3.63) is 0 Å². The molecule has 22 nitrogen and oxygen atoms in total. The number of amides is 8. The van der Waals surface area contributed by atoms with Gasteiger partial charge in [0.15, 0.2) is 0 Å². The predicted molar refractivity (Wildman–Crippen MR) is 239 cm³/mol. The van der Waals surface area contributed by atoms with Crippen molar-refractivity contribution in [2.75, 3.05) is 13.1 Å². The minimum Gasteiger partial charge on any atom is -0.481 e. The Bertz CT molecular complexity index is 1530. The van der Waals surface area contributed by atoms with Crippen LogP contribution in [-0.4, -0.2) is 131 Å². The second kappa shape index (κ2) is 31.0. The van der Waals surface area contributed by atoms with Crippen molar-refractivity contribution in [3.63, 3.8) is 0 Å². The summed E-state index contributed by atoms with van der Waals surface area (Å²) in [6, 6.07) is -10.0. The number of primary amides is 1. The highest BCUT2D eigenvalue weighted by molar-refractivity contribution is 5.98. The van der Waals surface area contributed by atoms with Gasteiger partial charge in [0.1, 0.15) is 42.3 Å². The van der Waals surface area contributed by atoms with E-state index in [0.29, 0.717) is 32.1 Å². The number of aliphatic hydroxyl groups is 1. The highest BCUT2D eigenvalue weighted by atomic mass is 16.4. The maximum Gasteiger partial charge on any atom is 0.303 e. The van der Waals surface area contributed by atoms with Crippen molar-refractivity contribution in [3.8, 4) is 0 Å². The van der Waals surface area contributed by atoms with Gasteiger partial charge in [0.25, 0.3) is 0 Å². The molecule has 0 saturated heterocycles. The number of hydrogen-bond acceptors (Lipinski definition) is 13. The number of carbonyl (C=O) groups is 9.